The zero-order valence-electron chi connectivity index (χ0n) is 9.14. The van der Waals surface area contributed by atoms with Crippen LogP contribution < -0.4 is 16.4 Å². The Balaban J connectivity index is 2.32. The van der Waals surface area contributed by atoms with E-state index >= 15 is 0 Å². The third-order valence-electron chi connectivity index (χ3n) is 2.73. The highest BCUT2D eigenvalue weighted by Crippen LogP contribution is 2.26. The van der Waals surface area contributed by atoms with Crippen LogP contribution in [-0.2, 0) is 9.59 Å². The Morgan fingerprint density at radius 1 is 1.27 bits per heavy atom. The fourth-order valence-corrected chi connectivity index (χ4v) is 1.83. The standard InChI is InChI=1S/C10H19N3O2/c1-2-12-8(14)7-13-9(15)10(11)5-3-4-6-10/h2-7,11H2,1H3,(H,12,14)(H,13,15). The minimum atomic E-state index is -0.744. The SMILES string of the molecule is CCNC(=O)CNC(=O)C1(N)CCCC1. The summed E-state index contributed by atoms with van der Waals surface area (Å²) >= 11 is 0. The summed E-state index contributed by atoms with van der Waals surface area (Å²) in [7, 11) is 0. The van der Waals surface area contributed by atoms with Crippen LogP contribution in [0.4, 0.5) is 0 Å². The van der Waals surface area contributed by atoms with E-state index in [1.807, 2.05) is 6.92 Å². The predicted molar refractivity (Wildman–Crippen MR) is 57.1 cm³/mol. The Labute approximate surface area is 89.8 Å². The van der Waals surface area contributed by atoms with Crippen molar-refractivity contribution < 1.29 is 9.59 Å². The molecule has 0 aromatic rings. The van der Waals surface area contributed by atoms with Gasteiger partial charge in [0.05, 0.1) is 12.1 Å². The van der Waals surface area contributed by atoms with Gasteiger partial charge in [-0.15, -0.1) is 0 Å². The van der Waals surface area contributed by atoms with Gasteiger partial charge < -0.3 is 16.4 Å². The van der Waals surface area contributed by atoms with Gasteiger partial charge in [-0.2, -0.15) is 0 Å². The van der Waals surface area contributed by atoms with Crippen molar-refractivity contribution in [2.24, 2.45) is 5.73 Å². The van der Waals surface area contributed by atoms with Gasteiger partial charge in [0.15, 0.2) is 0 Å². The van der Waals surface area contributed by atoms with E-state index in [0.29, 0.717) is 19.4 Å². The molecule has 0 bridgehead atoms. The molecule has 0 unspecified atom stereocenters. The van der Waals surface area contributed by atoms with Crippen molar-refractivity contribution in [1.82, 2.24) is 10.6 Å². The highest BCUT2D eigenvalue weighted by Gasteiger charge is 2.36. The molecule has 1 fully saturated rings. The summed E-state index contributed by atoms with van der Waals surface area (Å²) in [6, 6.07) is 0. The number of likely N-dealkylation sites (N-methyl/N-ethyl adjacent to an activating group) is 1. The molecule has 1 saturated carbocycles. The average molecular weight is 213 g/mol. The molecule has 0 aromatic carbocycles. The van der Waals surface area contributed by atoms with E-state index in [0.717, 1.165) is 12.8 Å². The van der Waals surface area contributed by atoms with Crippen molar-refractivity contribution in [2.45, 2.75) is 38.1 Å². The summed E-state index contributed by atoms with van der Waals surface area (Å²) in [6.07, 6.45) is 3.42. The first kappa shape index (κ1) is 12.0. The highest BCUT2D eigenvalue weighted by molar-refractivity contribution is 5.90. The summed E-state index contributed by atoms with van der Waals surface area (Å²) in [4.78, 5) is 22.8. The van der Waals surface area contributed by atoms with Gasteiger partial charge in [0, 0.05) is 6.54 Å². The zero-order chi connectivity index (χ0) is 11.3. The second-order valence-electron chi connectivity index (χ2n) is 4.00. The van der Waals surface area contributed by atoms with Crippen LogP contribution in [0.5, 0.6) is 0 Å². The molecule has 1 aliphatic carbocycles. The molecule has 86 valence electrons. The van der Waals surface area contributed by atoms with Gasteiger partial charge in [-0.3, -0.25) is 9.59 Å². The molecule has 0 radical (unpaired) electrons. The van der Waals surface area contributed by atoms with E-state index < -0.39 is 5.54 Å². The molecule has 1 rings (SSSR count). The van der Waals surface area contributed by atoms with E-state index in [1.165, 1.54) is 0 Å². The van der Waals surface area contributed by atoms with Crippen molar-refractivity contribution in [1.29, 1.82) is 0 Å². The first-order valence-electron chi connectivity index (χ1n) is 5.42. The maximum Gasteiger partial charge on any atom is 0.240 e. The molecule has 0 atom stereocenters. The molecule has 0 heterocycles. The third-order valence-corrected chi connectivity index (χ3v) is 2.73. The third kappa shape index (κ3) is 3.20. The number of hydrogen-bond donors (Lipinski definition) is 3. The predicted octanol–water partition coefficient (Wildman–Crippen LogP) is -0.490. The molecule has 5 heteroatoms. The molecule has 0 aromatic heterocycles. The van der Waals surface area contributed by atoms with Crippen LogP contribution in [0.25, 0.3) is 0 Å². The van der Waals surface area contributed by atoms with Gasteiger partial charge >= 0.3 is 0 Å². The maximum absolute atomic E-state index is 11.7. The van der Waals surface area contributed by atoms with Gasteiger partial charge in [-0.05, 0) is 19.8 Å². The van der Waals surface area contributed by atoms with Crippen molar-refractivity contribution in [3.05, 3.63) is 0 Å². The Bertz CT molecular complexity index is 247. The summed E-state index contributed by atoms with van der Waals surface area (Å²) in [6.45, 7) is 2.43. The smallest absolute Gasteiger partial charge is 0.240 e. The number of nitrogens with one attached hydrogen (secondary N) is 2. The Morgan fingerprint density at radius 2 is 1.87 bits per heavy atom. The van der Waals surface area contributed by atoms with E-state index in [-0.39, 0.29) is 18.4 Å². The lowest BCUT2D eigenvalue weighted by molar-refractivity contribution is -0.129. The quantitative estimate of drug-likeness (QED) is 0.589. The molecular weight excluding hydrogens is 194 g/mol. The number of hydrogen-bond acceptors (Lipinski definition) is 3. The topological polar surface area (TPSA) is 84.2 Å². The first-order valence-corrected chi connectivity index (χ1v) is 5.42. The Kier molecular flexibility index (Phi) is 4.08. The van der Waals surface area contributed by atoms with Gasteiger partial charge in [-0.25, -0.2) is 0 Å². The van der Waals surface area contributed by atoms with Crippen LogP contribution >= 0.6 is 0 Å². The molecule has 0 aliphatic heterocycles. The fourth-order valence-electron chi connectivity index (χ4n) is 1.83. The van der Waals surface area contributed by atoms with Crippen molar-refractivity contribution in [3.63, 3.8) is 0 Å². The van der Waals surface area contributed by atoms with Crippen LogP contribution in [0.3, 0.4) is 0 Å². The Hall–Kier alpha value is -1.10. The monoisotopic (exact) mass is 213 g/mol. The zero-order valence-corrected chi connectivity index (χ0v) is 9.14. The van der Waals surface area contributed by atoms with E-state index in [1.54, 1.807) is 0 Å². The lowest BCUT2D eigenvalue weighted by atomic mass is 9.98. The number of amides is 2. The van der Waals surface area contributed by atoms with Crippen LogP contribution in [-0.4, -0.2) is 30.4 Å². The fraction of sp³-hybridized carbons (Fsp3) is 0.800. The number of nitrogens with two attached hydrogens (primary N) is 1. The van der Waals surface area contributed by atoms with Crippen LogP contribution in [0.2, 0.25) is 0 Å². The maximum atomic E-state index is 11.7. The van der Waals surface area contributed by atoms with E-state index in [2.05, 4.69) is 10.6 Å². The van der Waals surface area contributed by atoms with E-state index in [9.17, 15) is 9.59 Å². The largest absolute Gasteiger partial charge is 0.355 e. The average Bonchev–Trinajstić information content (AvgIpc) is 2.63. The van der Waals surface area contributed by atoms with Crippen LogP contribution in [0.1, 0.15) is 32.6 Å². The number of rotatable bonds is 4. The second kappa shape index (κ2) is 5.11. The van der Waals surface area contributed by atoms with Crippen LogP contribution in [0, 0.1) is 0 Å². The lowest BCUT2D eigenvalue weighted by Crippen LogP contribution is -2.53. The molecule has 4 N–H and O–H groups in total. The number of carbonyl (C=O) groups excluding carboxylic acids is 2. The molecule has 5 nitrogen and oxygen atoms in total. The molecule has 2 amide bonds. The van der Waals surface area contributed by atoms with Crippen molar-refractivity contribution in [3.8, 4) is 0 Å². The molecule has 15 heavy (non-hydrogen) atoms. The second-order valence-corrected chi connectivity index (χ2v) is 4.00. The van der Waals surface area contributed by atoms with Gasteiger partial charge in [0.1, 0.15) is 0 Å². The van der Waals surface area contributed by atoms with Gasteiger partial charge in [-0.1, -0.05) is 12.8 Å². The summed E-state index contributed by atoms with van der Waals surface area (Å²) in [5, 5.41) is 5.18. The van der Waals surface area contributed by atoms with Crippen LogP contribution in [0.15, 0.2) is 0 Å². The lowest BCUT2D eigenvalue weighted by Gasteiger charge is -2.21. The first-order chi connectivity index (χ1) is 7.08. The molecular formula is C10H19N3O2. The summed E-state index contributed by atoms with van der Waals surface area (Å²) < 4.78 is 0. The number of carbonyl (C=O) groups is 2. The normalized spacial score (nSPS) is 18.5. The minimum Gasteiger partial charge on any atom is -0.355 e. The van der Waals surface area contributed by atoms with Crippen molar-refractivity contribution >= 4 is 11.8 Å². The molecule has 0 saturated heterocycles. The van der Waals surface area contributed by atoms with Gasteiger partial charge in [0.2, 0.25) is 11.8 Å². The summed E-state index contributed by atoms with van der Waals surface area (Å²) in [5.41, 5.74) is 5.18. The van der Waals surface area contributed by atoms with E-state index in [4.69, 9.17) is 5.73 Å². The summed E-state index contributed by atoms with van der Waals surface area (Å²) in [5.74, 6) is -0.376. The Morgan fingerprint density at radius 3 is 2.40 bits per heavy atom. The highest BCUT2D eigenvalue weighted by atomic mass is 16.2. The molecule has 0 spiro atoms. The minimum absolute atomic E-state index is 0.0195. The van der Waals surface area contributed by atoms with Crippen molar-refractivity contribution in [2.75, 3.05) is 13.1 Å². The molecule has 1 aliphatic rings. The van der Waals surface area contributed by atoms with Gasteiger partial charge in [0.25, 0.3) is 0 Å².